The molecule has 1 aliphatic rings. The van der Waals surface area contributed by atoms with Crippen molar-refractivity contribution in [1.29, 1.82) is 0 Å². The van der Waals surface area contributed by atoms with Crippen molar-refractivity contribution in [3.8, 4) is 0 Å². The first-order valence-corrected chi connectivity index (χ1v) is 9.74. The van der Waals surface area contributed by atoms with E-state index in [0.29, 0.717) is 30.0 Å². The van der Waals surface area contributed by atoms with E-state index < -0.39 is 10.9 Å². The van der Waals surface area contributed by atoms with Crippen molar-refractivity contribution in [2.24, 2.45) is 10.8 Å². The zero-order valence-electron chi connectivity index (χ0n) is 15.8. The molecule has 0 aromatic heterocycles. The van der Waals surface area contributed by atoms with Gasteiger partial charge in [-0.15, -0.1) is 0 Å². The lowest BCUT2D eigenvalue weighted by Gasteiger charge is -2.37. The summed E-state index contributed by atoms with van der Waals surface area (Å²) in [6, 6.07) is 15.5. The molecule has 28 heavy (non-hydrogen) atoms. The number of hydroxylamine groups is 2. The first-order chi connectivity index (χ1) is 13.5. The lowest BCUT2D eigenvalue weighted by Crippen LogP contribution is -2.47. The number of hydrogen-bond acceptors (Lipinski definition) is 5. The molecule has 0 saturated heterocycles. The highest BCUT2D eigenvalue weighted by Crippen LogP contribution is 2.50. The van der Waals surface area contributed by atoms with E-state index in [0.717, 1.165) is 10.6 Å². The quantitative estimate of drug-likeness (QED) is 0.747. The molecule has 0 saturated carbocycles. The van der Waals surface area contributed by atoms with E-state index in [1.807, 2.05) is 30.3 Å². The van der Waals surface area contributed by atoms with Gasteiger partial charge in [0.15, 0.2) is 0 Å². The van der Waals surface area contributed by atoms with E-state index in [-0.39, 0.29) is 5.82 Å². The van der Waals surface area contributed by atoms with Crippen LogP contribution in [0.5, 0.6) is 0 Å². The van der Waals surface area contributed by atoms with Crippen LogP contribution in [0.3, 0.4) is 0 Å². The number of nitrogens with zero attached hydrogens (tertiary/aromatic N) is 3. The fourth-order valence-corrected chi connectivity index (χ4v) is 4.46. The highest BCUT2D eigenvalue weighted by atomic mass is 32.2. The maximum atomic E-state index is 13.8. The van der Waals surface area contributed by atoms with Crippen molar-refractivity contribution in [3.63, 3.8) is 0 Å². The molecule has 1 heterocycles. The third-order valence-electron chi connectivity index (χ3n) is 4.54. The summed E-state index contributed by atoms with van der Waals surface area (Å²) in [4.78, 5) is 17.4. The monoisotopic (exact) mass is 402 g/mol. The Hall–Kier alpha value is -2.42. The van der Waals surface area contributed by atoms with Gasteiger partial charge in [-0.25, -0.2) is 14.2 Å². The molecule has 0 spiro atoms. The van der Waals surface area contributed by atoms with Gasteiger partial charge in [-0.1, -0.05) is 54.2 Å². The van der Waals surface area contributed by atoms with E-state index >= 15 is 0 Å². The molecule has 1 aliphatic heterocycles. The van der Waals surface area contributed by atoms with Gasteiger partial charge in [0.05, 0.1) is 7.11 Å². The van der Waals surface area contributed by atoms with Crippen molar-refractivity contribution in [1.82, 2.24) is 10.1 Å². The van der Waals surface area contributed by atoms with Gasteiger partial charge in [0.2, 0.25) is 0 Å². The molecule has 0 fully saturated rings. The molecule has 1 unspecified atom stereocenters. The predicted octanol–water partition coefficient (Wildman–Crippen LogP) is 3.74. The maximum absolute atomic E-state index is 13.8. The molecule has 2 N–H and O–H groups in total. The Kier molecular flexibility index (Phi) is 6.33. The number of nitrogens with two attached hydrogens (primary N) is 1. The Labute approximate surface area is 168 Å². The Morgan fingerprint density at radius 2 is 2.04 bits per heavy atom. The molecule has 2 amide bonds. The van der Waals surface area contributed by atoms with Crippen LogP contribution < -0.4 is 5.73 Å². The second kappa shape index (κ2) is 8.72. The predicted molar refractivity (Wildman–Crippen MR) is 109 cm³/mol. The molecule has 0 bridgehead atoms. The first-order valence-electron chi connectivity index (χ1n) is 8.93. The van der Waals surface area contributed by atoms with Gasteiger partial charge >= 0.3 is 6.03 Å². The van der Waals surface area contributed by atoms with E-state index in [1.165, 1.54) is 43.1 Å². The number of benzene rings is 2. The van der Waals surface area contributed by atoms with Crippen LogP contribution in [-0.2, 0) is 9.71 Å². The van der Waals surface area contributed by atoms with Crippen LogP contribution in [0.4, 0.5) is 9.18 Å². The SMILES string of the molecule is CON(C)C(=O)N1N=C(c2cccc(F)c2)SC1(CCCN)c1ccccc1. The number of carbonyl (C=O) groups is 1. The van der Waals surface area contributed by atoms with Crippen molar-refractivity contribution in [2.45, 2.75) is 17.7 Å². The van der Waals surface area contributed by atoms with E-state index in [4.69, 9.17) is 10.6 Å². The minimum absolute atomic E-state index is 0.355. The molecule has 3 rings (SSSR count). The molecule has 0 radical (unpaired) electrons. The number of rotatable bonds is 6. The number of halogens is 1. The van der Waals surface area contributed by atoms with Crippen LogP contribution in [-0.4, -0.2) is 41.8 Å². The van der Waals surface area contributed by atoms with Gasteiger partial charge in [-0.2, -0.15) is 10.1 Å². The molecule has 6 nitrogen and oxygen atoms in total. The van der Waals surface area contributed by atoms with Gasteiger partial charge in [0, 0.05) is 12.6 Å². The summed E-state index contributed by atoms with van der Waals surface area (Å²) in [6.07, 6.45) is 1.28. The molecule has 2 aromatic carbocycles. The van der Waals surface area contributed by atoms with Gasteiger partial charge in [0.25, 0.3) is 0 Å². The Bertz CT molecular complexity index is 864. The lowest BCUT2D eigenvalue weighted by atomic mass is 10.0. The molecule has 0 aliphatic carbocycles. The van der Waals surface area contributed by atoms with Crippen LogP contribution >= 0.6 is 11.8 Å². The number of amides is 2. The second-order valence-electron chi connectivity index (χ2n) is 6.33. The second-order valence-corrected chi connectivity index (χ2v) is 7.60. The van der Waals surface area contributed by atoms with Crippen LogP contribution in [0.1, 0.15) is 24.0 Å². The molecule has 8 heteroatoms. The van der Waals surface area contributed by atoms with E-state index in [2.05, 4.69) is 5.10 Å². The Morgan fingerprint density at radius 3 is 2.68 bits per heavy atom. The fraction of sp³-hybridized carbons (Fsp3) is 0.300. The third kappa shape index (κ3) is 3.89. The van der Waals surface area contributed by atoms with E-state index in [1.54, 1.807) is 12.1 Å². The van der Waals surface area contributed by atoms with Gasteiger partial charge in [-0.05, 0) is 37.1 Å². The van der Waals surface area contributed by atoms with Crippen LogP contribution in [0.25, 0.3) is 0 Å². The molecule has 2 aromatic rings. The Morgan fingerprint density at radius 1 is 1.29 bits per heavy atom. The Balaban J connectivity index is 2.11. The molecular weight excluding hydrogens is 379 g/mol. The van der Waals surface area contributed by atoms with Crippen molar-refractivity contribution in [2.75, 3.05) is 20.7 Å². The molecule has 1 atom stereocenters. The fourth-order valence-electron chi connectivity index (χ4n) is 3.06. The number of urea groups is 1. The third-order valence-corrected chi connectivity index (χ3v) is 6.00. The highest BCUT2D eigenvalue weighted by Gasteiger charge is 2.49. The number of hydrogen-bond donors (Lipinski definition) is 1. The zero-order valence-corrected chi connectivity index (χ0v) is 16.7. The summed E-state index contributed by atoms with van der Waals surface area (Å²) in [7, 11) is 2.95. The highest BCUT2D eigenvalue weighted by molar-refractivity contribution is 8.15. The van der Waals surface area contributed by atoms with Crippen molar-refractivity contribution in [3.05, 3.63) is 71.5 Å². The number of hydrazone groups is 1. The summed E-state index contributed by atoms with van der Waals surface area (Å²) < 4.78 is 13.8. The standard InChI is InChI=1S/C20H23FN4O2S/c1-24(27-2)19(26)25-20(12-7-13-22,16-9-4-3-5-10-16)28-18(23-25)15-8-6-11-17(21)14-15/h3-6,8-11,14H,7,12-13,22H2,1-2H3. The maximum Gasteiger partial charge on any atom is 0.365 e. The summed E-state index contributed by atoms with van der Waals surface area (Å²) >= 11 is 1.43. The number of thioether (sulfide) groups is 1. The molecule has 148 valence electrons. The average molecular weight is 402 g/mol. The van der Waals surface area contributed by atoms with Crippen LogP contribution in [0.2, 0.25) is 0 Å². The minimum Gasteiger partial charge on any atom is -0.330 e. The summed E-state index contributed by atoms with van der Waals surface area (Å²) in [5.74, 6) is -0.355. The summed E-state index contributed by atoms with van der Waals surface area (Å²) in [5, 5.41) is 7.70. The van der Waals surface area contributed by atoms with Gasteiger partial charge in [-0.3, -0.25) is 4.84 Å². The van der Waals surface area contributed by atoms with Crippen LogP contribution in [0.15, 0.2) is 59.7 Å². The summed E-state index contributed by atoms with van der Waals surface area (Å²) in [5.41, 5.74) is 7.32. The zero-order chi connectivity index (χ0) is 20.1. The lowest BCUT2D eigenvalue weighted by molar-refractivity contribution is -0.0805. The molecular formula is C20H23FN4O2S. The minimum atomic E-state index is -0.799. The van der Waals surface area contributed by atoms with Gasteiger partial charge in [0.1, 0.15) is 15.7 Å². The van der Waals surface area contributed by atoms with Gasteiger partial charge < -0.3 is 5.73 Å². The number of carbonyl (C=O) groups excluding carboxylic acids is 1. The van der Waals surface area contributed by atoms with E-state index in [9.17, 15) is 9.18 Å². The first kappa shape index (κ1) is 20.3. The largest absolute Gasteiger partial charge is 0.365 e. The van der Waals surface area contributed by atoms with Crippen molar-refractivity contribution >= 4 is 22.8 Å². The topological polar surface area (TPSA) is 71.2 Å². The normalized spacial score (nSPS) is 18.9. The smallest absolute Gasteiger partial charge is 0.330 e. The van der Waals surface area contributed by atoms with Crippen LogP contribution in [0, 0.1) is 5.82 Å². The average Bonchev–Trinajstić information content (AvgIpc) is 3.12. The van der Waals surface area contributed by atoms with Crippen molar-refractivity contribution < 1.29 is 14.0 Å². The summed E-state index contributed by atoms with van der Waals surface area (Å²) in [6.45, 7) is 0.479.